The van der Waals surface area contributed by atoms with Gasteiger partial charge >= 0.3 is 5.97 Å². The summed E-state index contributed by atoms with van der Waals surface area (Å²) in [6.07, 6.45) is 2.50. The maximum atomic E-state index is 12.9. The molecule has 0 radical (unpaired) electrons. The van der Waals surface area contributed by atoms with E-state index in [4.69, 9.17) is 4.74 Å². The molecule has 6 nitrogen and oxygen atoms in total. The highest BCUT2D eigenvalue weighted by molar-refractivity contribution is 6.28. The van der Waals surface area contributed by atoms with Crippen LogP contribution in [0.5, 0.6) is 5.75 Å². The molecule has 0 saturated heterocycles. The Hall–Kier alpha value is -3.41. The van der Waals surface area contributed by atoms with Gasteiger partial charge in [0.25, 0.3) is 11.8 Å². The molecule has 0 bridgehead atoms. The van der Waals surface area contributed by atoms with E-state index in [1.807, 2.05) is 19.1 Å². The molecule has 4 rings (SSSR count). The summed E-state index contributed by atoms with van der Waals surface area (Å²) in [7, 11) is 0. The van der Waals surface area contributed by atoms with Gasteiger partial charge in [0.2, 0.25) is 0 Å². The second kappa shape index (κ2) is 7.78. The molecule has 2 atom stereocenters. The van der Waals surface area contributed by atoms with Crippen molar-refractivity contribution in [1.29, 1.82) is 0 Å². The molecule has 2 unspecified atom stereocenters. The first-order valence-corrected chi connectivity index (χ1v) is 10.2. The molecule has 154 valence electrons. The number of nitrogens with zero attached hydrogens (tertiary/aromatic N) is 2. The fourth-order valence-electron chi connectivity index (χ4n) is 4.24. The number of esters is 1. The van der Waals surface area contributed by atoms with Crippen LogP contribution in [0.25, 0.3) is 0 Å². The topological polar surface area (TPSA) is 66.9 Å². The van der Waals surface area contributed by atoms with Crippen molar-refractivity contribution < 1.29 is 19.1 Å². The maximum Gasteiger partial charge on any atom is 0.319 e. The Kier molecular flexibility index (Phi) is 5.16. The smallest absolute Gasteiger partial charge is 0.319 e. The lowest BCUT2D eigenvalue weighted by Gasteiger charge is -2.31. The van der Waals surface area contributed by atoms with Crippen molar-refractivity contribution in [2.75, 3.05) is 22.9 Å². The van der Waals surface area contributed by atoms with E-state index in [-0.39, 0.29) is 23.7 Å². The van der Waals surface area contributed by atoms with Gasteiger partial charge in [-0.15, -0.1) is 0 Å². The molecule has 2 aliphatic heterocycles. The largest absolute Gasteiger partial charge is 0.426 e. The number of rotatable bonds is 5. The molecule has 2 amide bonds. The molecule has 2 aromatic carbocycles. The molecule has 0 N–H and O–H groups in total. The predicted octanol–water partition coefficient (Wildman–Crippen LogP) is 3.77. The van der Waals surface area contributed by atoms with Crippen molar-refractivity contribution in [1.82, 2.24) is 0 Å². The quantitative estimate of drug-likeness (QED) is 0.431. The number of fused-ring (bicyclic) bond motifs is 1. The number of hydrogen-bond donors (Lipinski definition) is 0. The Bertz CT molecular complexity index is 1020. The summed E-state index contributed by atoms with van der Waals surface area (Å²) in [6, 6.07) is 13.0. The summed E-state index contributed by atoms with van der Waals surface area (Å²) in [5.41, 5.74) is 3.31. The van der Waals surface area contributed by atoms with E-state index in [1.54, 1.807) is 24.3 Å². The van der Waals surface area contributed by atoms with Crippen molar-refractivity contribution in [3.63, 3.8) is 0 Å². The van der Waals surface area contributed by atoms with Crippen molar-refractivity contribution in [2.24, 2.45) is 0 Å². The van der Waals surface area contributed by atoms with Crippen LogP contribution < -0.4 is 14.5 Å². The van der Waals surface area contributed by atoms with E-state index < -0.39 is 5.92 Å². The second-order valence-corrected chi connectivity index (χ2v) is 7.52. The standard InChI is InChI=1S/C24H24N2O4/c1-4-25(5-2)18-10-11-19-15(3)23(24(29)30-20(19)14-18)16-6-8-17(9-7-16)26-21(27)12-13-22(26)28/h6-15,23H,4-5H2,1-3H3. The van der Waals surface area contributed by atoms with Crippen molar-refractivity contribution in [2.45, 2.75) is 32.6 Å². The Balaban J connectivity index is 1.61. The zero-order chi connectivity index (χ0) is 21.4. The average Bonchev–Trinajstić information content (AvgIpc) is 3.07. The van der Waals surface area contributed by atoms with Crippen LogP contribution in [0.2, 0.25) is 0 Å². The first-order chi connectivity index (χ1) is 14.4. The molecule has 2 heterocycles. The van der Waals surface area contributed by atoms with E-state index in [0.717, 1.165) is 34.8 Å². The van der Waals surface area contributed by atoms with E-state index >= 15 is 0 Å². The van der Waals surface area contributed by atoms with Crippen LogP contribution >= 0.6 is 0 Å². The van der Waals surface area contributed by atoms with Crippen LogP contribution in [-0.2, 0) is 14.4 Å². The van der Waals surface area contributed by atoms with Crippen LogP contribution in [0.4, 0.5) is 11.4 Å². The molecule has 6 heteroatoms. The summed E-state index contributed by atoms with van der Waals surface area (Å²) in [4.78, 5) is 39.9. The number of imide groups is 1. The number of carbonyl (C=O) groups is 3. The SMILES string of the molecule is CCN(CC)c1ccc2c(c1)OC(=O)C(c1ccc(N3C(=O)C=CC3=O)cc1)C2C. The summed E-state index contributed by atoms with van der Waals surface area (Å²) < 4.78 is 5.72. The van der Waals surface area contributed by atoms with Gasteiger partial charge in [-0.25, -0.2) is 4.90 Å². The Morgan fingerprint density at radius 2 is 1.57 bits per heavy atom. The Labute approximate surface area is 175 Å². The highest BCUT2D eigenvalue weighted by atomic mass is 16.5. The number of benzene rings is 2. The van der Waals surface area contributed by atoms with E-state index in [9.17, 15) is 14.4 Å². The summed E-state index contributed by atoms with van der Waals surface area (Å²) in [5, 5.41) is 0. The van der Waals surface area contributed by atoms with Gasteiger partial charge in [-0.05, 0) is 43.2 Å². The molecular weight excluding hydrogens is 380 g/mol. The van der Waals surface area contributed by atoms with Gasteiger partial charge in [0.1, 0.15) is 5.75 Å². The number of anilines is 2. The first kappa shape index (κ1) is 19.9. The van der Waals surface area contributed by atoms with Gasteiger partial charge in [-0.3, -0.25) is 14.4 Å². The van der Waals surface area contributed by atoms with Gasteiger partial charge < -0.3 is 9.64 Å². The zero-order valence-corrected chi connectivity index (χ0v) is 17.3. The van der Waals surface area contributed by atoms with Crippen molar-refractivity contribution in [3.05, 3.63) is 65.7 Å². The third-order valence-electron chi connectivity index (χ3n) is 5.90. The highest BCUT2D eigenvalue weighted by Crippen LogP contribution is 2.44. The second-order valence-electron chi connectivity index (χ2n) is 7.52. The third kappa shape index (κ3) is 3.28. The molecule has 0 aromatic heterocycles. The van der Waals surface area contributed by atoms with E-state index in [1.165, 1.54) is 12.2 Å². The van der Waals surface area contributed by atoms with Gasteiger partial charge in [0.15, 0.2) is 0 Å². The Morgan fingerprint density at radius 3 is 2.17 bits per heavy atom. The van der Waals surface area contributed by atoms with Gasteiger partial charge in [0, 0.05) is 42.9 Å². The van der Waals surface area contributed by atoms with Crippen LogP contribution in [0.1, 0.15) is 43.7 Å². The lowest BCUT2D eigenvalue weighted by Crippen LogP contribution is -2.30. The predicted molar refractivity (Wildman–Crippen MR) is 115 cm³/mol. The van der Waals surface area contributed by atoms with E-state index in [2.05, 4.69) is 24.8 Å². The zero-order valence-electron chi connectivity index (χ0n) is 17.3. The van der Waals surface area contributed by atoms with E-state index in [0.29, 0.717) is 11.4 Å². The number of ether oxygens (including phenoxy) is 1. The summed E-state index contributed by atoms with van der Waals surface area (Å²) in [6.45, 7) is 7.97. The monoisotopic (exact) mass is 404 g/mol. The highest BCUT2D eigenvalue weighted by Gasteiger charge is 2.36. The molecule has 0 fully saturated rings. The minimum absolute atomic E-state index is 0.0606. The fraction of sp³-hybridized carbons (Fsp3) is 0.292. The van der Waals surface area contributed by atoms with Crippen molar-refractivity contribution >= 4 is 29.2 Å². The van der Waals surface area contributed by atoms with Gasteiger partial charge in [0.05, 0.1) is 11.6 Å². The molecule has 30 heavy (non-hydrogen) atoms. The number of hydrogen-bond acceptors (Lipinski definition) is 5. The van der Waals surface area contributed by atoms with Crippen LogP contribution in [0, 0.1) is 0 Å². The van der Waals surface area contributed by atoms with Crippen LogP contribution in [-0.4, -0.2) is 30.9 Å². The normalized spacial score (nSPS) is 20.4. The molecule has 2 aromatic rings. The summed E-state index contributed by atoms with van der Waals surface area (Å²) in [5.74, 6) is -0.922. The maximum absolute atomic E-state index is 12.9. The molecule has 0 aliphatic carbocycles. The van der Waals surface area contributed by atoms with Crippen LogP contribution in [0.15, 0.2) is 54.6 Å². The molecule has 0 saturated carbocycles. The van der Waals surface area contributed by atoms with Gasteiger partial charge in [-0.1, -0.05) is 25.1 Å². The molecular formula is C24H24N2O4. The van der Waals surface area contributed by atoms with Crippen LogP contribution in [0.3, 0.4) is 0 Å². The minimum atomic E-state index is -0.450. The molecule has 2 aliphatic rings. The fourth-order valence-corrected chi connectivity index (χ4v) is 4.24. The molecule has 0 spiro atoms. The number of amides is 2. The Morgan fingerprint density at radius 1 is 0.933 bits per heavy atom. The third-order valence-corrected chi connectivity index (χ3v) is 5.90. The van der Waals surface area contributed by atoms with Crippen molar-refractivity contribution in [3.8, 4) is 5.75 Å². The first-order valence-electron chi connectivity index (χ1n) is 10.2. The average molecular weight is 404 g/mol. The minimum Gasteiger partial charge on any atom is -0.426 e. The lowest BCUT2D eigenvalue weighted by molar-refractivity contribution is -0.137. The lowest BCUT2D eigenvalue weighted by atomic mass is 9.80. The number of carbonyl (C=O) groups excluding carboxylic acids is 3. The van der Waals surface area contributed by atoms with Gasteiger partial charge in [-0.2, -0.15) is 0 Å². The summed E-state index contributed by atoms with van der Waals surface area (Å²) >= 11 is 0.